The summed E-state index contributed by atoms with van der Waals surface area (Å²) in [6, 6.07) is 13.8. The number of pyridine rings is 1. The van der Waals surface area contributed by atoms with Crippen molar-refractivity contribution in [3.63, 3.8) is 0 Å². The van der Waals surface area contributed by atoms with Gasteiger partial charge in [0.05, 0.1) is 11.3 Å². The third-order valence-electron chi connectivity index (χ3n) is 4.02. The Balaban J connectivity index is 1.61. The monoisotopic (exact) mass is 386 g/mol. The Morgan fingerprint density at radius 1 is 1.07 bits per heavy atom. The maximum Gasteiger partial charge on any atom is 0.205 e. The maximum absolute atomic E-state index is 4.34. The molecular weight excluding hydrogens is 368 g/mol. The van der Waals surface area contributed by atoms with Crippen molar-refractivity contribution >= 4 is 16.5 Å². The molecule has 0 saturated carbocycles. The lowest BCUT2D eigenvalue weighted by Crippen LogP contribution is -2.03. The quantitative estimate of drug-likeness (QED) is 0.530. The van der Waals surface area contributed by atoms with E-state index in [2.05, 4.69) is 56.5 Å². The van der Waals surface area contributed by atoms with E-state index in [0.29, 0.717) is 6.54 Å². The van der Waals surface area contributed by atoms with Crippen LogP contribution >= 0.6 is 11.3 Å². The van der Waals surface area contributed by atoms with Crippen molar-refractivity contribution in [2.75, 3.05) is 5.32 Å². The van der Waals surface area contributed by atoms with Crippen LogP contribution in [0.1, 0.15) is 28.8 Å². The fourth-order valence-electron chi connectivity index (χ4n) is 2.62. The number of hydrogen-bond acceptors (Lipinski definition) is 6. The molecule has 1 N–H and O–H groups in total. The van der Waals surface area contributed by atoms with Crippen molar-refractivity contribution < 1.29 is 0 Å². The Hall–Kier alpha value is -3.50. The summed E-state index contributed by atoms with van der Waals surface area (Å²) in [7, 11) is 0. The fraction of sp³-hybridized carbons (Fsp3) is 0.143. The molecule has 3 heterocycles. The van der Waals surface area contributed by atoms with Crippen molar-refractivity contribution in [1.29, 1.82) is 0 Å². The van der Waals surface area contributed by atoms with Gasteiger partial charge in [-0.3, -0.25) is 0 Å². The van der Waals surface area contributed by atoms with Crippen molar-refractivity contribution in [3.05, 3.63) is 82.9 Å². The molecule has 0 atom stereocenters. The highest BCUT2D eigenvalue weighted by molar-refractivity contribution is 7.15. The molecule has 0 aliphatic heterocycles. The van der Waals surface area contributed by atoms with E-state index >= 15 is 0 Å². The second-order valence-corrected chi connectivity index (χ2v) is 7.04. The van der Waals surface area contributed by atoms with Crippen molar-refractivity contribution in [2.24, 2.45) is 0 Å². The van der Waals surface area contributed by atoms with E-state index in [1.165, 1.54) is 0 Å². The predicted molar refractivity (Wildman–Crippen MR) is 110 cm³/mol. The number of benzene rings is 1. The van der Waals surface area contributed by atoms with Gasteiger partial charge in [-0.1, -0.05) is 36.3 Å². The molecule has 1 aromatic carbocycles. The number of nitrogens with one attached hydrogen (secondary N) is 1. The summed E-state index contributed by atoms with van der Waals surface area (Å²) in [5, 5.41) is 17.8. The molecule has 138 valence electrons. The van der Waals surface area contributed by atoms with Gasteiger partial charge in [-0.05, 0) is 48.2 Å². The summed E-state index contributed by atoms with van der Waals surface area (Å²) in [4.78, 5) is 4.27. The molecular formula is C21H18N6S. The minimum absolute atomic E-state index is 0.649. The van der Waals surface area contributed by atoms with Gasteiger partial charge in [-0.25, -0.2) is 9.67 Å². The molecule has 0 radical (unpaired) electrons. The van der Waals surface area contributed by atoms with Crippen LogP contribution in [0.2, 0.25) is 0 Å². The minimum atomic E-state index is 0.649. The second-order valence-electron chi connectivity index (χ2n) is 5.98. The predicted octanol–water partition coefficient (Wildman–Crippen LogP) is 3.69. The molecule has 0 aliphatic carbocycles. The Bertz CT molecular complexity index is 1110. The minimum Gasteiger partial charge on any atom is -0.356 e. The third kappa shape index (κ3) is 4.24. The molecule has 0 amide bonds. The van der Waals surface area contributed by atoms with Crippen LogP contribution in [0.25, 0.3) is 5.69 Å². The van der Waals surface area contributed by atoms with Crippen LogP contribution in [0, 0.1) is 11.8 Å². The first-order chi connectivity index (χ1) is 13.8. The number of hydrogen-bond donors (Lipinski definition) is 1. The van der Waals surface area contributed by atoms with Crippen LogP contribution in [0.15, 0.2) is 61.1 Å². The molecule has 4 aromatic rings. The molecule has 28 heavy (non-hydrogen) atoms. The molecule has 0 saturated heterocycles. The summed E-state index contributed by atoms with van der Waals surface area (Å²) >= 11 is 1.58. The molecule has 0 unspecified atom stereocenters. The average Bonchev–Trinajstić information content (AvgIpc) is 3.43. The van der Waals surface area contributed by atoms with E-state index in [0.717, 1.165) is 39.1 Å². The van der Waals surface area contributed by atoms with Crippen LogP contribution in [-0.4, -0.2) is 25.0 Å². The van der Waals surface area contributed by atoms with Gasteiger partial charge in [0.2, 0.25) is 5.13 Å². The third-order valence-corrected chi connectivity index (χ3v) is 5.04. The Morgan fingerprint density at radius 3 is 2.79 bits per heavy atom. The Kier molecular flexibility index (Phi) is 5.41. The van der Waals surface area contributed by atoms with Crippen LogP contribution in [-0.2, 0) is 13.0 Å². The lowest BCUT2D eigenvalue weighted by molar-refractivity contribution is 0.876. The van der Waals surface area contributed by atoms with E-state index in [4.69, 9.17) is 0 Å². The second kappa shape index (κ2) is 8.46. The summed E-state index contributed by atoms with van der Waals surface area (Å²) in [6.07, 6.45) is 6.30. The van der Waals surface area contributed by atoms with Crippen molar-refractivity contribution in [3.8, 4) is 17.5 Å². The summed E-state index contributed by atoms with van der Waals surface area (Å²) in [5.74, 6) is 6.38. The summed E-state index contributed by atoms with van der Waals surface area (Å²) in [6.45, 7) is 2.72. The summed E-state index contributed by atoms with van der Waals surface area (Å²) in [5.41, 5.74) is 3.66. The number of aromatic nitrogens is 5. The highest BCUT2D eigenvalue weighted by Crippen LogP contribution is 2.19. The van der Waals surface area contributed by atoms with Crippen LogP contribution in [0.3, 0.4) is 0 Å². The molecule has 0 fully saturated rings. The fourth-order valence-corrected chi connectivity index (χ4v) is 3.29. The van der Waals surface area contributed by atoms with Crippen LogP contribution in [0.5, 0.6) is 0 Å². The molecule has 6 nitrogen and oxygen atoms in total. The van der Waals surface area contributed by atoms with Gasteiger partial charge in [0.25, 0.3) is 0 Å². The van der Waals surface area contributed by atoms with Gasteiger partial charge in [-0.2, -0.15) is 5.10 Å². The van der Waals surface area contributed by atoms with E-state index < -0.39 is 0 Å². The van der Waals surface area contributed by atoms with Gasteiger partial charge in [0.1, 0.15) is 10.7 Å². The van der Waals surface area contributed by atoms with E-state index in [9.17, 15) is 0 Å². The Morgan fingerprint density at radius 2 is 2.04 bits per heavy atom. The molecule has 0 spiro atoms. The van der Waals surface area contributed by atoms with E-state index in [1.54, 1.807) is 23.7 Å². The average molecular weight is 386 g/mol. The maximum atomic E-state index is 4.34. The number of aryl methyl sites for hydroxylation is 1. The standard InChI is InChI=1S/C21H18N6S/c1-2-20-25-26-21(28-20)23-15-16-7-10-19(27-13-5-12-24-27)17(14-16)8-9-18-6-3-4-11-22-18/h3-7,10-14H,2,15H2,1H3,(H,23,26). The summed E-state index contributed by atoms with van der Waals surface area (Å²) < 4.78 is 1.82. The molecule has 0 aliphatic rings. The van der Waals surface area contributed by atoms with Gasteiger partial charge >= 0.3 is 0 Å². The first-order valence-electron chi connectivity index (χ1n) is 8.94. The number of rotatable bonds is 5. The highest BCUT2D eigenvalue weighted by Gasteiger charge is 2.07. The smallest absolute Gasteiger partial charge is 0.205 e. The van der Waals surface area contributed by atoms with Crippen molar-refractivity contribution in [2.45, 2.75) is 19.9 Å². The topological polar surface area (TPSA) is 68.5 Å². The Labute approximate surface area is 167 Å². The lowest BCUT2D eigenvalue weighted by atomic mass is 10.1. The highest BCUT2D eigenvalue weighted by atomic mass is 32.1. The first-order valence-corrected chi connectivity index (χ1v) is 9.75. The zero-order chi connectivity index (χ0) is 19.2. The zero-order valence-electron chi connectivity index (χ0n) is 15.3. The SMILES string of the molecule is CCc1nnc(NCc2ccc(-n3cccn3)c(C#Cc3ccccn3)c2)s1. The lowest BCUT2D eigenvalue weighted by Gasteiger charge is -2.08. The van der Waals surface area contributed by atoms with E-state index in [1.807, 2.05) is 41.2 Å². The molecule has 4 rings (SSSR count). The number of anilines is 1. The van der Waals surface area contributed by atoms with E-state index in [-0.39, 0.29) is 0 Å². The largest absolute Gasteiger partial charge is 0.356 e. The van der Waals surface area contributed by atoms with Gasteiger partial charge < -0.3 is 5.32 Å². The molecule has 7 heteroatoms. The van der Waals surface area contributed by atoms with Gasteiger partial charge in [0.15, 0.2) is 0 Å². The normalized spacial score (nSPS) is 10.3. The molecule has 0 bridgehead atoms. The first kappa shape index (κ1) is 17.9. The van der Waals surface area contributed by atoms with Crippen LogP contribution in [0.4, 0.5) is 5.13 Å². The zero-order valence-corrected chi connectivity index (χ0v) is 16.1. The van der Waals surface area contributed by atoms with Crippen molar-refractivity contribution in [1.82, 2.24) is 25.0 Å². The van der Waals surface area contributed by atoms with Crippen LogP contribution < -0.4 is 5.32 Å². The van der Waals surface area contributed by atoms with Gasteiger partial charge in [0, 0.05) is 25.1 Å². The molecule has 3 aromatic heterocycles. The number of nitrogens with zero attached hydrogens (tertiary/aromatic N) is 5. The van der Waals surface area contributed by atoms with Gasteiger partial charge in [-0.15, -0.1) is 10.2 Å².